The highest BCUT2D eigenvalue weighted by Crippen LogP contribution is 2.21. The number of pyridine rings is 1. The molecule has 27 heavy (non-hydrogen) atoms. The van der Waals surface area contributed by atoms with Crippen molar-refractivity contribution in [1.29, 1.82) is 0 Å². The number of aromatic amines is 1. The summed E-state index contributed by atoms with van der Waals surface area (Å²) in [5.74, 6) is 0.490. The topological polar surface area (TPSA) is 90.4 Å². The second-order valence-electron chi connectivity index (χ2n) is 6.50. The molecule has 1 saturated heterocycles. The number of para-hydroxylation sites is 1. The second-order valence-corrected chi connectivity index (χ2v) is 8.44. The van der Waals surface area contributed by atoms with Crippen LogP contribution in [-0.2, 0) is 10.0 Å². The summed E-state index contributed by atoms with van der Waals surface area (Å²) >= 11 is 0. The van der Waals surface area contributed by atoms with Gasteiger partial charge in [-0.15, -0.1) is 0 Å². The van der Waals surface area contributed by atoms with Crippen molar-refractivity contribution in [2.24, 2.45) is 5.10 Å². The average Bonchev–Trinajstić information content (AvgIpc) is 3.12. The summed E-state index contributed by atoms with van der Waals surface area (Å²) < 4.78 is 26.8. The molecule has 1 fully saturated rings. The van der Waals surface area contributed by atoms with Gasteiger partial charge in [0.1, 0.15) is 10.7 Å². The molecule has 7 nitrogen and oxygen atoms in total. The van der Waals surface area contributed by atoms with Gasteiger partial charge in [0.2, 0.25) is 10.0 Å². The number of rotatable bonds is 5. The van der Waals surface area contributed by atoms with Crippen LogP contribution in [0, 0.1) is 0 Å². The van der Waals surface area contributed by atoms with E-state index >= 15 is 0 Å². The Hall–Kier alpha value is -2.71. The van der Waals surface area contributed by atoms with Gasteiger partial charge in [0.15, 0.2) is 0 Å². The van der Waals surface area contributed by atoms with Crippen molar-refractivity contribution >= 4 is 33.0 Å². The van der Waals surface area contributed by atoms with Crippen LogP contribution < -0.4 is 5.43 Å². The zero-order valence-electron chi connectivity index (χ0n) is 14.8. The number of piperidine rings is 1. The summed E-state index contributed by atoms with van der Waals surface area (Å²) in [5.41, 5.74) is 4.85. The molecule has 8 heteroatoms. The first-order chi connectivity index (χ1) is 13.1. The predicted molar refractivity (Wildman–Crippen MR) is 106 cm³/mol. The number of nitrogens with one attached hydrogen (secondary N) is 2. The Balaban J connectivity index is 1.45. The first kappa shape index (κ1) is 17.7. The Morgan fingerprint density at radius 3 is 2.70 bits per heavy atom. The van der Waals surface area contributed by atoms with Crippen molar-refractivity contribution < 1.29 is 8.42 Å². The van der Waals surface area contributed by atoms with Crippen LogP contribution in [0.3, 0.4) is 0 Å². The van der Waals surface area contributed by atoms with Gasteiger partial charge in [-0.25, -0.2) is 13.4 Å². The molecule has 0 unspecified atom stereocenters. The lowest BCUT2D eigenvalue weighted by Crippen LogP contribution is -2.35. The molecule has 3 heterocycles. The Morgan fingerprint density at radius 2 is 1.93 bits per heavy atom. The number of aromatic nitrogens is 2. The lowest BCUT2D eigenvalue weighted by molar-refractivity contribution is 0.346. The normalized spacial score (nSPS) is 16.1. The molecular weight excluding hydrogens is 362 g/mol. The number of nitrogens with zero attached hydrogens (tertiary/aromatic N) is 3. The summed E-state index contributed by atoms with van der Waals surface area (Å²) in [6, 6.07) is 11.2. The molecule has 0 radical (unpaired) electrons. The van der Waals surface area contributed by atoms with Gasteiger partial charge in [-0.05, 0) is 31.0 Å². The Kier molecular flexibility index (Phi) is 4.91. The van der Waals surface area contributed by atoms with Crippen molar-refractivity contribution in [3.8, 4) is 0 Å². The molecule has 1 aromatic carbocycles. The lowest BCUT2D eigenvalue weighted by Gasteiger charge is -2.25. The van der Waals surface area contributed by atoms with E-state index in [4.69, 9.17) is 0 Å². The number of hydrogen-bond donors (Lipinski definition) is 2. The first-order valence-electron chi connectivity index (χ1n) is 8.96. The predicted octanol–water partition coefficient (Wildman–Crippen LogP) is 3.18. The fourth-order valence-electron chi connectivity index (χ4n) is 3.22. The largest absolute Gasteiger partial charge is 0.361 e. The number of benzene rings is 1. The molecule has 0 saturated carbocycles. The number of anilines is 1. The maximum absolute atomic E-state index is 12.6. The minimum atomic E-state index is -3.46. The molecule has 4 rings (SSSR count). The smallest absolute Gasteiger partial charge is 0.244 e. The van der Waals surface area contributed by atoms with Gasteiger partial charge in [0.05, 0.1) is 6.21 Å². The van der Waals surface area contributed by atoms with E-state index < -0.39 is 10.0 Å². The minimum absolute atomic E-state index is 0.218. The van der Waals surface area contributed by atoms with Gasteiger partial charge in [-0.3, -0.25) is 5.43 Å². The van der Waals surface area contributed by atoms with Crippen molar-refractivity contribution in [3.05, 3.63) is 54.4 Å². The van der Waals surface area contributed by atoms with Gasteiger partial charge in [0, 0.05) is 41.9 Å². The van der Waals surface area contributed by atoms with E-state index in [1.165, 1.54) is 10.5 Å². The minimum Gasteiger partial charge on any atom is -0.361 e. The van der Waals surface area contributed by atoms with Crippen LogP contribution in [0.5, 0.6) is 0 Å². The molecule has 0 spiro atoms. The number of hydrogen-bond acceptors (Lipinski definition) is 5. The molecule has 3 aromatic rings. The van der Waals surface area contributed by atoms with Crippen LogP contribution in [0.1, 0.15) is 24.8 Å². The van der Waals surface area contributed by atoms with Crippen LogP contribution in [0.15, 0.2) is 58.8 Å². The Morgan fingerprint density at radius 1 is 1.11 bits per heavy atom. The summed E-state index contributed by atoms with van der Waals surface area (Å²) in [6.45, 7) is 1.16. The average molecular weight is 383 g/mol. The van der Waals surface area contributed by atoms with Crippen molar-refractivity contribution in [2.45, 2.75) is 24.2 Å². The number of hydrazone groups is 1. The van der Waals surface area contributed by atoms with E-state index in [0.717, 1.165) is 35.7 Å². The van der Waals surface area contributed by atoms with Crippen LogP contribution in [0.4, 0.5) is 5.82 Å². The zero-order chi connectivity index (χ0) is 18.7. The third kappa shape index (κ3) is 3.72. The number of H-pyrrole nitrogens is 1. The van der Waals surface area contributed by atoms with Crippen molar-refractivity contribution in [2.75, 3.05) is 18.5 Å². The highest BCUT2D eigenvalue weighted by Gasteiger charge is 2.26. The third-order valence-electron chi connectivity index (χ3n) is 4.69. The van der Waals surface area contributed by atoms with Crippen LogP contribution >= 0.6 is 0 Å². The monoisotopic (exact) mass is 383 g/mol. The van der Waals surface area contributed by atoms with Gasteiger partial charge < -0.3 is 4.98 Å². The highest BCUT2D eigenvalue weighted by molar-refractivity contribution is 7.89. The van der Waals surface area contributed by atoms with Gasteiger partial charge in [-0.2, -0.15) is 9.41 Å². The van der Waals surface area contributed by atoms with E-state index in [1.54, 1.807) is 18.3 Å². The Labute approximate surface area is 158 Å². The van der Waals surface area contributed by atoms with Crippen LogP contribution in [-0.4, -0.2) is 42.0 Å². The molecule has 0 amide bonds. The quantitative estimate of drug-likeness (QED) is 0.523. The van der Waals surface area contributed by atoms with E-state index in [2.05, 4.69) is 20.5 Å². The Bertz CT molecular complexity index is 1050. The first-order valence-corrected chi connectivity index (χ1v) is 10.4. The summed E-state index contributed by atoms with van der Waals surface area (Å²) in [5, 5.41) is 5.28. The molecule has 2 N–H and O–H groups in total. The molecule has 1 aliphatic heterocycles. The molecular formula is C19H21N5O2S. The van der Waals surface area contributed by atoms with E-state index in [-0.39, 0.29) is 4.90 Å². The summed E-state index contributed by atoms with van der Waals surface area (Å²) in [4.78, 5) is 7.59. The van der Waals surface area contributed by atoms with Gasteiger partial charge >= 0.3 is 0 Å². The fourth-order valence-corrected chi connectivity index (χ4v) is 4.69. The molecule has 140 valence electrons. The molecule has 2 aromatic heterocycles. The number of fused-ring (bicyclic) bond motifs is 1. The number of sulfonamides is 1. The van der Waals surface area contributed by atoms with Gasteiger partial charge in [0.25, 0.3) is 0 Å². The van der Waals surface area contributed by atoms with Crippen LogP contribution in [0.2, 0.25) is 0 Å². The maximum atomic E-state index is 12.6. The maximum Gasteiger partial charge on any atom is 0.244 e. The zero-order valence-corrected chi connectivity index (χ0v) is 15.6. The van der Waals surface area contributed by atoms with Crippen LogP contribution in [0.25, 0.3) is 10.9 Å². The molecule has 0 bridgehead atoms. The standard InChI is InChI=1S/C19H21N5O2S/c25-27(26,24-10-4-1-5-11-24)16-8-9-19(21-14-16)23-22-13-15-12-20-18-7-3-2-6-17(15)18/h2-3,6-9,12-14,20H,1,4-5,10-11H2,(H,21,23). The highest BCUT2D eigenvalue weighted by atomic mass is 32.2. The third-order valence-corrected chi connectivity index (χ3v) is 6.58. The molecule has 0 aliphatic carbocycles. The van der Waals surface area contributed by atoms with Gasteiger partial charge in [-0.1, -0.05) is 24.6 Å². The lowest BCUT2D eigenvalue weighted by atomic mass is 10.2. The SMILES string of the molecule is O=S(=O)(c1ccc(NN=Cc2c[nH]c3ccccc23)nc1)N1CCCCC1. The second kappa shape index (κ2) is 7.50. The van der Waals surface area contributed by atoms with Crippen molar-refractivity contribution in [1.82, 2.24) is 14.3 Å². The fraction of sp³-hybridized carbons (Fsp3) is 0.263. The molecule has 0 atom stereocenters. The summed E-state index contributed by atoms with van der Waals surface area (Å²) in [6.07, 6.45) is 7.88. The summed E-state index contributed by atoms with van der Waals surface area (Å²) in [7, 11) is -3.46. The van der Waals surface area contributed by atoms with E-state index in [0.29, 0.717) is 18.9 Å². The van der Waals surface area contributed by atoms with Crippen molar-refractivity contribution in [3.63, 3.8) is 0 Å². The molecule has 1 aliphatic rings. The van der Waals surface area contributed by atoms with E-state index in [1.807, 2.05) is 30.5 Å². The van der Waals surface area contributed by atoms with E-state index in [9.17, 15) is 8.42 Å².